The van der Waals surface area contributed by atoms with Gasteiger partial charge in [0.05, 0.1) is 6.61 Å². The van der Waals surface area contributed by atoms with Crippen molar-refractivity contribution in [3.63, 3.8) is 0 Å². The number of esters is 1. The van der Waals surface area contributed by atoms with Crippen LogP contribution in [-0.4, -0.2) is 74.2 Å². The Labute approximate surface area is 181 Å². The number of halogens is 17. The van der Waals surface area contributed by atoms with Gasteiger partial charge in [-0.05, 0) is 6.92 Å². The lowest BCUT2D eigenvalue weighted by Gasteiger charge is -2.39. The highest BCUT2D eigenvalue weighted by Crippen LogP contribution is 2.56. The van der Waals surface area contributed by atoms with Gasteiger partial charge in [0.15, 0.2) is 0 Å². The van der Waals surface area contributed by atoms with Gasteiger partial charge in [0.1, 0.15) is 6.61 Å². The number of alkyl halides is 17. The zero-order chi connectivity index (χ0) is 28.5. The lowest BCUT2D eigenvalue weighted by atomic mass is 10.2. The van der Waals surface area contributed by atoms with Crippen LogP contribution in [0.5, 0.6) is 0 Å². The molecule has 0 aliphatic rings. The molecule has 0 bridgehead atoms. The molecule has 0 N–H and O–H groups in total. The maximum Gasteiger partial charge on any atom is 0.462 e. The van der Waals surface area contributed by atoms with Crippen LogP contribution in [0.1, 0.15) is 6.92 Å². The molecule has 0 rings (SSSR count). The molecule has 0 heterocycles. The van der Waals surface area contributed by atoms with Crippen LogP contribution < -0.4 is 0 Å². The molecular weight excluding hydrogens is 559 g/mol. The van der Waals surface area contributed by atoms with Crippen LogP contribution in [0, 0.1) is 0 Å². The standard InChI is InChI=1S/C13H9F17O5/c1-2-32-3-4-33-5(31)6(14,9(18,19)20)34-13(29,30)8(17,11(24,25)26)35-12(27,28)7(15,16)10(21,22)23/h2-4H2,1H3/t6-,8+/m1/s1. The summed E-state index contributed by atoms with van der Waals surface area (Å²) in [7, 11) is 0. The van der Waals surface area contributed by atoms with Crippen molar-refractivity contribution in [1.29, 1.82) is 0 Å². The van der Waals surface area contributed by atoms with E-state index < -0.39 is 67.6 Å². The van der Waals surface area contributed by atoms with E-state index in [0.29, 0.717) is 0 Å². The molecule has 0 unspecified atom stereocenters. The van der Waals surface area contributed by atoms with Crippen LogP contribution in [-0.2, 0) is 23.7 Å². The van der Waals surface area contributed by atoms with Gasteiger partial charge >= 0.3 is 54.3 Å². The highest BCUT2D eigenvalue weighted by atomic mass is 19.4. The maximum atomic E-state index is 14.0. The summed E-state index contributed by atoms with van der Waals surface area (Å²) in [5.41, 5.74) is 0. The summed E-state index contributed by atoms with van der Waals surface area (Å²) < 4.78 is 230. The first-order valence-corrected chi connectivity index (χ1v) is 8.01. The molecule has 0 amide bonds. The van der Waals surface area contributed by atoms with Crippen molar-refractivity contribution in [2.75, 3.05) is 19.8 Å². The molecule has 0 aliphatic heterocycles. The first-order valence-electron chi connectivity index (χ1n) is 8.01. The van der Waals surface area contributed by atoms with E-state index in [-0.39, 0.29) is 6.61 Å². The first-order chi connectivity index (χ1) is 15.1. The smallest absolute Gasteiger partial charge is 0.459 e. The third kappa shape index (κ3) is 6.49. The molecule has 0 fully saturated rings. The molecule has 0 aromatic rings. The summed E-state index contributed by atoms with van der Waals surface area (Å²) in [6.07, 6.45) is -38.6. The first kappa shape index (κ1) is 33.2. The quantitative estimate of drug-likeness (QED) is 0.189. The Morgan fingerprint density at radius 1 is 0.600 bits per heavy atom. The molecule has 35 heavy (non-hydrogen) atoms. The third-order valence-corrected chi connectivity index (χ3v) is 3.29. The van der Waals surface area contributed by atoms with Crippen molar-refractivity contribution in [1.82, 2.24) is 0 Å². The average Bonchev–Trinajstić information content (AvgIpc) is 2.61. The number of rotatable bonds is 11. The second-order valence-corrected chi connectivity index (χ2v) is 5.83. The van der Waals surface area contributed by atoms with Crippen LogP contribution in [0.25, 0.3) is 0 Å². The van der Waals surface area contributed by atoms with Crippen LogP contribution in [0.2, 0.25) is 0 Å². The minimum atomic E-state index is -8.06. The van der Waals surface area contributed by atoms with Crippen molar-refractivity contribution >= 4 is 5.97 Å². The Balaban J connectivity index is 6.53. The Hall–Kier alpha value is -1.84. The van der Waals surface area contributed by atoms with E-state index in [2.05, 4.69) is 9.47 Å². The second kappa shape index (κ2) is 9.90. The van der Waals surface area contributed by atoms with Crippen LogP contribution in [0.4, 0.5) is 74.6 Å². The Kier molecular flexibility index (Phi) is 9.38. The number of hydrogen-bond donors (Lipinski definition) is 0. The van der Waals surface area contributed by atoms with Crippen LogP contribution >= 0.6 is 0 Å². The van der Waals surface area contributed by atoms with Crippen molar-refractivity contribution in [3.8, 4) is 0 Å². The highest BCUT2D eigenvalue weighted by Gasteiger charge is 2.85. The summed E-state index contributed by atoms with van der Waals surface area (Å²) in [5.74, 6) is -26.5. The Morgan fingerprint density at radius 3 is 1.40 bits per heavy atom. The number of hydrogen-bond acceptors (Lipinski definition) is 5. The molecular formula is C13H9F17O5. The van der Waals surface area contributed by atoms with E-state index in [1.54, 1.807) is 0 Å². The molecule has 0 radical (unpaired) electrons. The SMILES string of the molecule is CCOCCOC(=O)[C@@](F)(OC(F)(F)[C@@](F)(OC(F)(F)C(F)(F)C(F)(F)F)C(F)(F)F)C(F)(F)F. The number of carbonyl (C=O) groups excluding carboxylic acids is 1. The fraction of sp³-hybridized carbons (Fsp3) is 0.923. The zero-order valence-electron chi connectivity index (χ0n) is 16.1. The van der Waals surface area contributed by atoms with Crippen molar-refractivity contribution < 1.29 is 98.4 Å². The van der Waals surface area contributed by atoms with Gasteiger partial charge in [0.2, 0.25) is 0 Å². The molecule has 0 spiro atoms. The highest BCUT2D eigenvalue weighted by molar-refractivity contribution is 5.78. The van der Waals surface area contributed by atoms with Gasteiger partial charge in [-0.1, -0.05) is 0 Å². The monoisotopic (exact) mass is 568 g/mol. The Bertz CT molecular complexity index is 729. The third-order valence-electron chi connectivity index (χ3n) is 3.29. The van der Waals surface area contributed by atoms with Gasteiger partial charge in [-0.2, -0.15) is 74.6 Å². The van der Waals surface area contributed by atoms with Gasteiger partial charge in [-0.15, -0.1) is 0 Å². The Morgan fingerprint density at radius 2 is 1.06 bits per heavy atom. The molecule has 0 aliphatic carbocycles. The van der Waals surface area contributed by atoms with Crippen LogP contribution in [0.15, 0.2) is 0 Å². The van der Waals surface area contributed by atoms with Crippen LogP contribution in [0.3, 0.4) is 0 Å². The molecule has 0 saturated heterocycles. The molecule has 0 aromatic carbocycles. The van der Waals surface area contributed by atoms with Gasteiger partial charge in [-0.3, -0.25) is 9.47 Å². The molecule has 0 aromatic heterocycles. The lowest BCUT2D eigenvalue weighted by Crippen LogP contribution is -2.68. The van der Waals surface area contributed by atoms with Gasteiger partial charge in [0.25, 0.3) is 0 Å². The van der Waals surface area contributed by atoms with Crippen molar-refractivity contribution in [2.24, 2.45) is 0 Å². The topological polar surface area (TPSA) is 54.0 Å². The van der Waals surface area contributed by atoms with Gasteiger partial charge < -0.3 is 9.47 Å². The van der Waals surface area contributed by atoms with Gasteiger partial charge in [0, 0.05) is 6.61 Å². The molecule has 210 valence electrons. The lowest BCUT2D eigenvalue weighted by molar-refractivity contribution is -0.548. The van der Waals surface area contributed by atoms with E-state index in [1.807, 2.05) is 4.74 Å². The minimum Gasteiger partial charge on any atom is -0.459 e. The summed E-state index contributed by atoms with van der Waals surface area (Å²) >= 11 is 0. The number of ether oxygens (including phenoxy) is 4. The van der Waals surface area contributed by atoms with E-state index in [4.69, 9.17) is 0 Å². The predicted molar refractivity (Wildman–Crippen MR) is 70.3 cm³/mol. The van der Waals surface area contributed by atoms with Gasteiger partial charge in [-0.25, -0.2) is 4.79 Å². The fourth-order valence-electron chi connectivity index (χ4n) is 1.58. The average molecular weight is 568 g/mol. The second-order valence-electron chi connectivity index (χ2n) is 5.83. The zero-order valence-corrected chi connectivity index (χ0v) is 16.1. The molecule has 0 saturated carbocycles. The predicted octanol–water partition coefficient (Wildman–Crippen LogP) is 5.44. The fourth-order valence-corrected chi connectivity index (χ4v) is 1.58. The largest absolute Gasteiger partial charge is 0.462 e. The summed E-state index contributed by atoms with van der Waals surface area (Å²) in [6.45, 7) is -1.35. The molecule has 2 atom stereocenters. The molecule has 22 heteroatoms. The van der Waals surface area contributed by atoms with Crippen molar-refractivity contribution in [2.45, 2.75) is 55.3 Å². The van der Waals surface area contributed by atoms with E-state index in [1.165, 1.54) is 11.7 Å². The van der Waals surface area contributed by atoms with E-state index in [0.717, 1.165) is 0 Å². The van der Waals surface area contributed by atoms with Crippen molar-refractivity contribution in [3.05, 3.63) is 0 Å². The summed E-state index contributed by atoms with van der Waals surface area (Å²) in [6, 6.07) is 0. The molecule has 5 nitrogen and oxygen atoms in total. The number of carbonyl (C=O) groups is 1. The maximum absolute atomic E-state index is 14.0. The van der Waals surface area contributed by atoms with E-state index >= 15 is 0 Å². The summed E-state index contributed by atoms with van der Waals surface area (Å²) in [4.78, 5) is 11.2. The normalized spacial score (nSPS) is 18.1. The minimum absolute atomic E-state index is 0.240. The summed E-state index contributed by atoms with van der Waals surface area (Å²) in [5, 5.41) is 0. The van der Waals surface area contributed by atoms with E-state index in [9.17, 15) is 79.4 Å².